The molecule has 9 nitrogen and oxygen atoms in total. The Morgan fingerprint density at radius 2 is 1.50 bits per heavy atom. The normalized spacial score (nSPS) is 10.8. The first-order valence-corrected chi connectivity index (χ1v) is 8.99. The van der Waals surface area contributed by atoms with Crippen LogP contribution in [0.5, 0.6) is 23.0 Å². The molecule has 0 heterocycles. The number of hydrogen-bond donors (Lipinski definition) is 2. The van der Waals surface area contributed by atoms with Gasteiger partial charge in [-0.2, -0.15) is 5.10 Å². The Labute approximate surface area is 175 Å². The number of hydrazone groups is 1. The summed E-state index contributed by atoms with van der Waals surface area (Å²) in [6.07, 6.45) is -0.0274. The van der Waals surface area contributed by atoms with Crippen molar-refractivity contribution in [3.8, 4) is 23.0 Å². The quantitative estimate of drug-likeness (QED) is 0.482. The highest BCUT2D eigenvalue weighted by molar-refractivity contribution is 6.06. The first-order chi connectivity index (χ1) is 14.4. The van der Waals surface area contributed by atoms with Gasteiger partial charge in [0.05, 0.1) is 46.1 Å². The summed E-state index contributed by atoms with van der Waals surface area (Å²) >= 11 is 0. The van der Waals surface area contributed by atoms with Crippen LogP contribution in [0.25, 0.3) is 0 Å². The van der Waals surface area contributed by atoms with Crippen molar-refractivity contribution in [3.05, 3.63) is 42.0 Å². The highest BCUT2D eigenvalue weighted by Crippen LogP contribution is 2.29. The van der Waals surface area contributed by atoms with Crippen molar-refractivity contribution in [2.24, 2.45) is 5.10 Å². The van der Waals surface area contributed by atoms with Gasteiger partial charge in [-0.1, -0.05) is 0 Å². The molecule has 0 aliphatic carbocycles. The van der Waals surface area contributed by atoms with Crippen LogP contribution in [0.1, 0.15) is 23.7 Å². The fourth-order valence-corrected chi connectivity index (χ4v) is 2.57. The van der Waals surface area contributed by atoms with Gasteiger partial charge in [0.2, 0.25) is 5.91 Å². The number of rotatable bonds is 9. The molecule has 30 heavy (non-hydrogen) atoms. The molecular weight excluding hydrogens is 390 g/mol. The van der Waals surface area contributed by atoms with E-state index in [1.165, 1.54) is 28.4 Å². The van der Waals surface area contributed by atoms with E-state index in [1.807, 2.05) is 0 Å². The van der Waals surface area contributed by atoms with Crippen LogP contribution in [-0.2, 0) is 4.79 Å². The molecule has 0 aromatic heterocycles. The van der Waals surface area contributed by atoms with Crippen molar-refractivity contribution in [2.75, 3.05) is 33.8 Å². The Bertz CT molecular complexity index is 942. The van der Waals surface area contributed by atoms with Gasteiger partial charge in [0.1, 0.15) is 23.0 Å². The lowest BCUT2D eigenvalue weighted by molar-refractivity contribution is -0.115. The van der Waals surface area contributed by atoms with E-state index in [0.717, 1.165) is 0 Å². The zero-order valence-electron chi connectivity index (χ0n) is 17.6. The Morgan fingerprint density at radius 3 is 2.13 bits per heavy atom. The van der Waals surface area contributed by atoms with Crippen molar-refractivity contribution in [1.82, 2.24) is 5.43 Å². The van der Waals surface area contributed by atoms with E-state index in [9.17, 15) is 9.59 Å². The van der Waals surface area contributed by atoms with Gasteiger partial charge in [0, 0.05) is 17.8 Å². The molecule has 2 aromatic rings. The summed E-state index contributed by atoms with van der Waals surface area (Å²) in [6.45, 7) is 1.63. The molecule has 0 unspecified atom stereocenters. The third-order valence-electron chi connectivity index (χ3n) is 4.10. The van der Waals surface area contributed by atoms with E-state index in [0.29, 0.717) is 40.0 Å². The second-order valence-corrected chi connectivity index (χ2v) is 6.15. The van der Waals surface area contributed by atoms with Gasteiger partial charge in [-0.25, -0.2) is 5.43 Å². The first kappa shape index (κ1) is 22.5. The number of carbonyl (C=O) groups excluding carboxylic acids is 2. The van der Waals surface area contributed by atoms with Gasteiger partial charge in [-0.15, -0.1) is 0 Å². The molecule has 0 aliphatic heterocycles. The molecule has 0 saturated heterocycles. The maximum Gasteiger partial charge on any atom is 0.275 e. The number of amides is 2. The standard InChI is InChI=1S/C21H25N3O6/c1-13(10-20(25)22-17-11-14(27-2)7-9-18(17)29-4)23-24-21(26)16-8-6-15(28-3)12-19(16)30-5/h6-9,11-12H,10H2,1-5H3,(H,22,25)(H,24,26)/b23-13-. The van der Waals surface area contributed by atoms with Crippen LogP contribution in [0.2, 0.25) is 0 Å². The molecule has 2 rings (SSSR count). The zero-order chi connectivity index (χ0) is 22.1. The van der Waals surface area contributed by atoms with Crippen LogP contribution in [0.3, 0.4) is 0 Å². The van der Waals surface area contributed by atoms with Crippen molar-refractivity contribution in [3.63, 3.8) is 0 Å². The predicted octanol–water partition coefficient (Wildman–Crippen LogP) is 2.86. The van der Waals surface area contributed by atoms with Gasteiger partial charge in [0.25, 0.3) is 5.91 Å². The van der Waals surface area contributed by atoms with Crippen molar-refractivity contribution in [1.29, 1.82) is 0 Å². The first-order valence-electron chi connectivity index (χ1n) is 8.99. The number of nitrogens with one attached hydrogen (secondary N) is 2. The molecule has 9 heteroatoms. The highest BCUT2D eigenvalue weighted by Gasteiger charge is 2.14. The molecule has 0 radical (unpaired) electrons. The van der Waals surface area contributed by atoms with E-state index in [2.05, 4.69) is 15.8 Å². The Balaban J connectivity index is 2.02. The molecular formula is C21H25N3O6. The number of anilines is 1. The van der Waals surface area contributed by atoms with Gasteiger partial charge in [-0.05, 0) is 31.2 Å². The van der Waals surface area contributed by atoms with Crippen LogP contribution >= 0.6 is 0 Å². The predicted molar refractivity (Wildman–Crippen MR) is 113 cm³/mol. The average Bonchev–Trinajstić information content (AvgIpc) is 2.76. The minimum Gasteiger partial charge on any atom is -0.497 e. The number of benzene rings is 2. The number of ether oxygens (including phenoxy) is 4. The average molecular weight is 415 g/mol. The number of methoxy groups -OCH3 is 4. The summed E-state index contributed by atoms with van der Waals surface area (Å²) in [5.41, 5.74) is 3.60. The fourth-order valence-electron chi connectivity index (χ4n) is 2.57. The SMILES string of the molecule is COc1ccc(OC)c(NC(=O)C/C(C)=N\NC(=O)c2ccc(OC)cc2OC)c1. The van der Waals surface area contributed by atoms with Crippen LogP contribution in [0.4, 0.5) is 5.69 Å². The van der Waals surface area contributed by atoms with Gasteiger partial charge < -0.3 is 24.3 Å². The minimum atomic E-state index is -0.469. The molecule has 0 fully saturated rings. The van der Waals surface area contributed by atoms with Crippen LogP contribution in [0, 0.1) is 0 Å². The number of carbonyl (C=O) groups is 2. The molecule has 2 aromatic carbocycles. The van der Waals surface area contributed by atoms with Gasteiger partial charge in [-0.3, -0.25) is 9.59 Å². The van der Waals surface area contributed by atoms with E-state index in [1.54, 1.807) is 43.3 Å². The minimum absolute atomic E-state index is 0.0274. The van der Waals surface area contributed by atoms with Crippen molar-refractivity contribution >= 4 is 23.2 Å². The summed E-state index contributed by atoms with van der Waals surface area (Å²) in [4.78, 5) is 24.7. The number of hydrogen-bond acceptors (Lipinski definition) is 7. The van der Waals surface area contributed by atoms with E-state index < -0.39 is 5.91 Å². The summed E-state index contributed by atoms with van der Waals surface area (Å²) in [6, 6.07) is 9.88. The molecule has 0 bridgehead atoms. The lowest BCUT2D eigenvalue weighted by atomic mass is 10.2. The topological polar surface area (TPSA) is 107 Å². The van der Waals surface area contributed by atoms with Crippen LogP contribution in [0.15, 0.2) is 41.5 Å². The lowest BCUT2D eigenvalue weighted by Crippen LogP contribution is -2.22. The molecule has 0 saturated carbocycles. The molecule has 160 valence electrons. The van der Waals surface area contributed by atoms with E-state index in [-0.39, 0.29) is 12.3 Å². The second kappa shape index (κ2) is 10.7. The molecule has 0 aliphatic rings. The summed E-state index contributed by atoms with van der Waals surface area (Å²) < 4.78 is 20.7. The van der Waals surface area contributed by atoms with E-state index >= 15 is 0 Å². The van der Waals surface area contributed by atoms with Crippen LogP contribution < -0.4 is 29.7 Å². The Hall–Kier alpha value is -3.75. The summed E-state index contributed by atoms with van der Waals surface area (Å²) in [7, 11) is 6.02. The summed E-state index contributed by atoms with van der Waals surface area (Å²) in [5, 5.41) is 6.74. The van der Waals surface area contributed by atoms with Gasteiger partial charge >= 0.3 is 0 Å². The molecule has 0 atom stereocenters. The fraction of sp³-hybridized carbons (Fsp3) is 0.286. The molecule has 2 N–H and O–H groups in total. The van der Waals surface area contributed by atoms with Gasteiger partial charge in [0.15, 0.2) is 0 Å². The summed E-state index contributed by atoms with van der Waals surface area (Å²) in [5.74, 6) is 1.20. The maximum absolute atomic E-state index is 12.4. The second-order valence-electron chi connectivity index (χ2n) is 6.15. The smallest absolute Gasteiger partial charge is 0.275 e. The zero-order valence-corrected chi connectivity index (χ0v) is 17.6. The third kappa shape index (κ3) is 5.87. The number of nitrogens with zero attached hydrogens (tertiary/aromatic N) is 1. The largest absolute Gasteiger partial charge is 0.497 e. The monoisotopic (exact) mass is 415 g/mol. The van der Waals surface area contributed by atoms with E-state index in [4.69, 9.17) is 18.9 Å². The lowest BCUT2D eigenvalue weighted by Gasteiger charge is -2.12. The van der Waals surface area contributed by atoms with Crippen LogP contribution in [-0.4, -0.2) is 46.0 Å². The Kier molecular flexibility index (Phi) is 8.04. The Morgan fingerprint density at radius 1 is 0.867 bits per heavy atom. The molecule has 2 amide bonds. The van der Waals surface area contributed by atoms with Crippen molar-refractivity contribution in [2.45, 2.75) is 13.3 Å². The maximum atomic E-state index is 12.4. The highest BCUT2D eigenvalue weighted by atomic mass is 16.5. The third-order valence-corrected chi connectivity index (χ3v) is 4.10. The van der Waals surface area contributed by atoms with Crippen molar-refractivity contribution < 1.29 is 28.5 Å². The molecule has 0 spiro atoms.